The van der Waals surface area contributed by atoms with E-state index in [1.807, 2.05) is 6.92 Å². The van der Waals surface area contributed by atoms with Crippen molar-refractivity contribution < 1.29 is 42.7 Å². The predicted octanol–water partition coefficient (Wildman–Crippen LogP) is 1.68. The number of esters is 1. The lowest BCUT2D eigenvalue weighted by Crippen LogP contribution is -2.60. The van der Waals surface area contributed by atoms with Crippen LogP contribution in [0.4, 0.5) is 0 Å². The van der Waals surface area contributed by atoms with Gasteiger partial charge in [-0.1, -0.05) is 37.6 Å². The molecule has 1 aliphatic rings. The summed E-state index contributed by atoms with van der Waals surface area (Å²) in [6, 6.07) is 13.2. The van der Waals surface area contributed by atoms with Crippen molar-refractivity contribution in [2.75, 3.05) is 12.9 Å². The number of sulfone groups is 1. The molecule has 9 nitrogen and oxygen atoms in total. The molecule has 1 aliphatic heterocycles. The fourth-order valence-electron chi connectivity index (χ4n) is 3.47. The van der Waals surface area contributed by atoms with E-state index in [0.717, 1.165) is 23.8 Å². The van der Waals surface area contributed by atoms with E-state index < -0.39 is 46.5 Å². The monoisotopic (exact) mass is 494 g/mol. The van der Waals surface area contributed by atoms with E-state index in [1.54, 1.807) is 36.4 Å². The van der Waals surface area contributed by atoms with E-state index in [4.69, 9.17) is 14.2 Å². The first kappa shape index (κ1) is 26.1. The van der Waals surface area contributed by atoms with Gasteiger partial charge in [0.1, 0.15) is 36.8 Å². The summed E-state index contributed by atoms with van der Waals surface area (Å²) in [4.78, 5) is 12.0. The molecule has 1 saturated heterocycles. The van der Waals surface area contributed by atoms with E-state index in [9.17, 15) is 28.5 Å². The van der Waals surface area contributed by atoms with Crippen LogP contribution in [0, 0.1) is 0 Å². The summed E-state index contributed by atoms with van der Waals surface area (Å²) < 4.78 is 39.6. The number of hydrogen-bond acceptors (Lipinski definition) is 9. The van der Waals surface area contributed by atoms with Crippen molar-refractivity contribution in [2.24, 2.45) is 0 Å². The molecule has 1 fully saturated rings. The van der Waals surface area contributed by atoms with Crippen molar-refractivity contribution >= 4 is 15.8 Å². The lowest BCUT2D eigenvalue weighted by atomic mass is 9.99. The molecule has 0 radical (unpaired) electrons. The Balaban J connectivity index is 1.64. The van der Waals surface area contributed by atoms with Gasteiger partial charge in [0.25, 0.3) is 0 Å². The Kier molecular flexibility index (Phi) is 8.67. The largest absolute Gasteiger partial charge is 0.463 e. The minimum absolute atomic E-state index is 0.228. The highest BCUT2D eigenvalue weighted by molar-refractivity contribution is 7.90. The zero-order chi connectivity index (χ0) is 24.9. The van der Waals surface area contributed by atoms with Gasteiger partial charge in [0.2, 0.25) is 6.29 Å². The molecule has 0 saturated carbocycles. The molecule has 0 spiro atoms. The van der Waals surface area contributed by atoms with Crippen LogP contribution >= 0.6 is 0 Å². The average Bonchev–Trinajstić information content (AvgIpc) is 2.82. The summed E-state index contributed by atoms with van der Waals surface area (Å²) in [5.41, 5.74) is 1.61. The normalized spacial score (nSPS) is 25.0. The highest BCUT2D eigenvalue weighted by atomic mass is 32.2. The Morgan fingerprint density at radius 2 is 1.53 bits per heavy atom. The van der Waals surface area contributed by atoms with Gasteiger partial charge < -0.3 is 29.5 Å². The number of carbonyl (C=O) groups is 1. The first-order valence-electron chi connectivity index (χ1n) is 11.0. The number of aliphatic hydroxyl groups excluding tert-OH is 3. The highest BCUT2D eigenvalue weighted by Crippen LogP contribution is 2.27. The standard InChI is InChI=1S/C24H30O9S/c1-3-4-5-20(25)31-14-19-21(26)22(27)23(28)24(33-19)32-17-10-6-15(7-11-17)16-8-12-18(13-9-16)34(2,29)30/h6-13,19,21-24,26-28H,3-5,14H2,1-2H3/t19-,21-,22+,23+,24+/m1/s1. The molecule has 34 heavy (non-hydrogen) atoms. The van der Waals surface area contributed by atoms with E-state index in [1.165, 1.54) is 12.1 Å². The van der Waals surface area contributed by atoms with Crippen LogP contribution in [0.3, 0.4) is 0 Å². The number of aliphatic hydroxyl groups is 3. The molecular weight excluding hydrogens is 464 g/mol. The topological polar surface area (TPSA) is 140 Å². The van der Waals surface area contributed by atoms with Crippen molar-refractivity contribution in [1.82, 2.24) is 0 Å². The van der Waals surface area contributed by atoms with Gasteiger partial charge in [-0.25, -0.2) is 8.42 Å². The summed E-state index contributed by atoms with van der Waals surface area (Å²) in [5.74, 6) is -0.0984. The molecule has 3 N–H and O–H groups in total. The second kappa shape index (κ2) is 11.3. The number of hydrogen-bond donors (Lipinski definition) is 3. The van der Waals surface area contributed by atoms with Crippen LogP contribution in [-0.2, 0) is 24.1 Å². The molecule has 0 aromatic heterocycles. The third kappa shape index (κ3) is 6.55. The van der Waals surface area contributed by atoms with Crippen molar-refractivity contribution in [3.05, 3.63) is 48.5 Å². The first-order chi connectivity index (χ1) is 16.1. The first-order valence-corrected chi connectivity index (χ1v) is 12.9. The van der Waals surface area contributed by atoms with Crippen molar-refractivity contribution in [1.29, 1.82) is 0 Å². The molecule has 3 rings (SSSR count). The molecule has 0 aliphatic carbocycles. The van der Waals surface area contributed by atoms with Crippen LogP contribution in [0.15, 0.2) is 53.4 Å². The quantitative estimate of drug-likeness (QED) is 0.444. The van der Waals surface area contributed by atoms with Crippen LogP contribution in [0.5, 0.6) is 5.75 Å². The summed E-state index contributed by atoms with van der Waals surface area (Å²) in [7, 11) is -3.28. The van der Waals surface area contributed by atoms with Gasteiger partial charge in [-0.3, -0.25) is 4.79 Å². The maximum atomic E-state index is 11.8. The van der Waals surface area contributed by atoms with Crippen molar-refractivity contribution in [3.63, 3.8) is 0 Å². The fraction of sp³-hybridized carbons (Fsp3) is 0.458. The molecule has 1 heterocycles. The Bertz CT molecular complexity index is 1050. The lowest BCUT2D eigenvalue weighted by molar-refractivity contribution is -0.278. The molecule has 0 unspecified atom stereocenters. The van der Waals surface area contributed by atoms with Gasteiger partial charge in [-0.05, 0) is 41.8 Å². The van der Waals surface area contributed by atoms with E-state index >= 15 is 0 Å². The second-order valence-electron chi connectivity index (χ2n) is 8.24. The molecule has 10 heteroatoms. The zero-order valence-corrected chi connectivity index (χ0v) is 19.8. The van der Waals surface area contributed by atoms with Gasteiger partial charge in [-0.2, -0.15) is 0 Å². The van der Waals surface area contributed by atoms with Crippen LogP contribution in [-0.4, -0.2) is 73.3 Å². The fourth-order valence-corrected chi connectivity index (χ4v) is 4.11. The number of unbranched alkanes of at least 4 members (excludes halogenated alkanes) is 1. The van der Waals surface area contributed by atoms with Gasteiger partial charge in [-0.15, -0.1) is 0 Å². The summed E-state index contributed by atoms with van der Waals surface area (Å²) in [5, 5.41) is 30.7. The van der Waals surface area contributed by atoms with E-state index in [-0.39, 0.29) is 17.9 Å². The third-order valence-corrected chi connectivity index (χ3v) is 6.66. The van der Waals surface area contributed by atoms with Crippen LogP contribution in [0.1, 0.15) is 26.2 Å². The maximum Gasteiger partial charge on any atom is 0.305 e. The van der Waals surface area contributed by atoms with Gasteiger partial charge in [0, 0.05) is 12.7 Å². The Morgan fingerprint density at radius 1 is 0.941 bits per heavy atom. The Morgan fingerprint density at radius 3 is 2.09 bits per heavy atom. The zero-order valence-electron chi connectivity index (χ0n) is 19.0. The number of ether oxygens (including phenoxy) is 3. The molecule has 0 bridgehead atoms. The summed E-state index contributed by atoms with van der Waals surface area (Å²) >= 11 is 0. The molecule has 186 valence electrons. The van der Waals surface area contributed by atoms with E-state index in [0.29, 0.717) is 12.2 Å². The van der Waals surface area contributed by atoms with Gasteiger partial charge >= 0.3 is 5.97 Å². The minimum Gasteiger partial charge on any atom is -0.463 e. The Labute approximate surface area is 198 Å². The maximum absolute atomic E-state index is 11.8. The lowest BCUT2D eigenvalue weighted by Gasteiger charge is -2.39. The highest BCUT2D eigenvalue weighted by Gasteiger charge is 2.45. The SMILES string of the molecule is CCCCC(=O)OC[C@H]1O[C@H](Oc2ccc(-c3ccc(S(C)(=O)=O)cc3)cc2)[C@@H](O)[C@@H](O)[C@@H]1O. The molecule has 5 atom stereocenters. The van der Waals surface area contributed by atoms with Crippen LogP contribution in [0.2, 0.25) is 0 Å². The van der Waals surface area contributed by atoms with Gasteiger partial charge in [0.15, 0.2) is 9.84 Å². The van der Waals surface area contributed by atoms with Crippen LogP contribution < -0.4 is 4.74 Å². The molecule has 2 aromatic carbocycles. The average molecular weight is 495 g/mol. The third-order valence-electron chi connectivity index (χ3n) is 5.53. The number of rotatable bonds is 9. The summed E-state index contributed by atoms with van der Waals surface area (Å²) in [6.45, 7) is 1.66. The van der Waals surface area contributed by atoms with E-state index in [2.05, 4.69) is 0 Å². The smallest absolute Gasteiger partial charge is 0.305 e. The van der Waals surface area contributed by atoms with Crippen LogP contribution in [0.25, 0.3) is 11.1 Å². The van der Waals surface area contributed by atoms with Crippen molar-refractivity contribution in [3.8, 4) is 16.9 Å². The minimum atomic E-state index is -3.28. The number of benzene rings is 2. The predicted molar refractivity (Wildman–Crippen MR) is 123 cm³/mol. The summed E-state index contributed by atoms with van der Waals surface area (Å²) in [6.07, 6.45) is -3.98. The molecule has 0 amide bonds. The number of carbonyl (C=O) groups excluding carboxylic acids is 1. The molecule has 2 aromatic rings. The second-order valence-corrected chi connectivity index (χ2v) is 10.3. The molecular formula is C24H30O9S. The van der Waals surface area contributed by atoms with Crippen molar-refractivity contribution in [2.45, 2.75) is 61.8 Å². The van der Waals surface area contributed by atoms with Gasteiger partial charge in [0.05, 0.1) is 4.90 Å². The Hall–Kier alpha value is -2.50.